The number of carbonyl (C=O) groups is 3. The molecule has 0 rings (SSSR count). The molecule has 0 aliphatic heterocycles. The lowest BCUT2D eigenvalue weighted by atomic mass is 10.1. The zero-order chi connectivity index (χ0) is 45.8. The molecule has 360 valence electrons. The Labute approximate surface area is 388 Å². The van der Waals surface area contributed by atoms with Crippen LogP contribution >= 0.6 is 0 Å². The van der Waals surface area contributed by atoms with Crippen molar-refractivity contribution in [1.82, 2.24) is 0 Å². The lowest BCUT2D eigenvalue weighted by molar-refractivity contribution is -0.167. The first-order valence-electron chi connectivity index (χ1n) is 26.1. The van der Waals surface area contributed by atoms with Crippen molar-refractivity contribution in [1.29, 1.82) is 0 Å². The van der Waals surface area contributed by atoms with E-state index < -0.39 is 6.10 Å². The van der Waals surface area contributed by atoms with Crippen molar-refractivity contribution in [2.75, 3.05) is 13.2 Å². The van der Waals surface area contributed by atoms with Crippen LogP contribution in [0.5, 0.6) is 0 Å². The molecule has 0 saturated carbocycles. The van der Waals surface area contributed by atoms with E-state index in [1.165, 1.54) is 122 Å². The number of esters is 3. The average Bonchev–Trinajstić information content (AvgIpc) is 3.28. The summed E-state index contributed by atoms with van der Waals surface area (Å²) in [5.74, 6) is -1.03. The van der Waals surface area contributed by atoms with E-state index in [0.717, 1.165) is 64.2 Å². The molecule has 0 aromatic rings. The highest BCUT2D eigenvalue weighted by molar-refractivity contribution is 5.71. The second-order valence-corrected chi connectivity index (χ2v) is 17.1. The van der Waals surface area contributed by atoms with Gasteiger partial charge in [0, 0.05) is 19.3 Å². The van der Waals surface area contributed by atoms with E-state index in [-0.39, 0.29) is 44.0 Å². The molecule has 0 amide bonds. The molecule has 0 radical (unpaired) electrons. The van der Waals surface area contributed by atoms with Gasteiger partial charge in [-0.2, -0.15) is 0 Å². The molecule has 0 saturated heterocycles. The predicted octanol–water partition coefficient (Wildman–Crippen LogP) is 17.2. The highest BCUT2D eigenvalue weighted by Crippen LogP contribution is 2.13. The van der Waals surface area contributed by atoms with Gasteiger partial charge >= 0.3 is 17.9 Å². The van der Waals surface area contributed by atoms with Crippen LogP contribution in [0.15, 0.2) is 85.1 Å². The number of ether oxygens (including phenoxy) is 3. The summed E-state index contributed by atoms with van der Waals surface area (Å²) in [5.41, 5.74) is 0. The molecule has 0 aliphatic rings. The van der Waals surface area contributed by atoms with Gasteiger partial charge in [0.1, 0.15) is 13.2 Å². The quantitative estimate of drug-likeness (QED) is 0.0262. The Bertz CT molecular complexity index is 1240. The van der Waals surface area contributed by atoms with Gasteiger partial charge in [-0.25, -0.2) is 0 Å². The minimum atomic E-state index is -0.822. The summed E-state index contributed by atoms with van der Waals surface area (Å²) in [6.07, 6.45) is 65.8. The number of allylic oxidation sites excluding steroid dienone is 14. The highest BCUT2D eigenvalue weighted by atomic mass is 16.6. The zero-order valence-corrected chi connectivity index (χ0v) is 41.1. The summed E-state index contributed by atoms with van der Waals surface area (Å²) in [4.78, 5) is 37.9. The fraction of sp³-hybridized carbons (Fsp3) is 0.702. The monoisotopic (exact) mass is 877 g/mol. The lowest BCUT2D eigenvalue weighted by Gasteiger charge is -2.18. The van der Waals surface area contributed by atoms with Crippen molar-refractivity contribution in [3.05, 3.63) is 85.1 Å². The molecule has 1 atom stereocenters. The minimum Gasteiger partial charge on any atom is -0.462 e. The maximum Gasteiger partial charge on any atom is 0.306 e. The molecule has 0 aromatic heterocycles. The Morgan fingerprint density at radius 3 is 0.984 bits per heavy atom. The van der Waals surface area contributed by atoms with Crippen molar-refractivity contribution >= 4 is 17.9 Å². The molecule has 1 unspecified atom stereocenters. The average molecular weight is 877 g/mol. The number of rotatable bonds is 46. The van der Waals surface area contributed by atoms with Crippen molar-refractivity contribution in [2.45, 2.75) is 245 Å². The summed E-state index contributed by atoms with van der Waals surface area (Å²) in [6.45, 7) is 6.50. The fourth-order valence-corrected chi connectivity index (χ4v) is 6.92. The standard InChI is InChI=1S/C57H96O6/c1-4-7-10-13-16-19-22-24-26-28-30-32-35-38-41-44-47-50-56(59)62-53-54(52-61-55(58)49-46-43-40-37-34-21-18-15-12-9-6-3)63-57(60)51-48-45-42-39-36-33-31-29-27-25-23-20-17-14-11-8-5-2/h16,19,24-27,30-33,38-39,41-42,54H,4-15,17-18,20-23,28-29,34-37,40,43-53H2,1-3H3/b19-16-,26-24-,27-25-,32-30-,33-31-,41-38-,42-39-. The van der Waals surface area contributed by atoms with Gasteiger partial charge in [-0.3, -0.25) is 14.4 Å². The third kappa shape index (κ3) is 49.5. The van der Waals surface area contributed by atoms with Gasteiger partial charge < -0.3 is 14.2 Å². The van der Waals surface area contributed by atoms with Crippen LogP contribution in [0.1, 0.15) is 239 Å². The molecular weight excluding hydrogens is 781 g/mol. The fourth-order valence-electron chi connectivity index (χ4n) is 6.92. The van der Waals surface area contributed by atoms with Gasteiger partial charge in [-0.1, -0.05) is 215 Å². The van der Waals surface area contributed by atoms with Crippen LogP contribution in [-0.4, -0.2) is 37.2 Å². The van der Waals surface area contributed by atoms with Crippen LogP contribution in [-0.2, 0) is 28.6 Å². The first-order valence-corrected chi connectivity index (χ1v) is 26.1. The van der Waals surface area contributed by atoms with Crippen molar-refractivity contribution < 1.29 is 28.6 Å². The van der Waals surface area contributed by atoms with Crippen molar-refractivity contribution in [3.8, 4) is 0 Å². The van der Waals surface area contributed by atoms with E-state index in [9.17, 15) is 14.4 Å². The van der Waals surface area contributed by atoms with E-state index in [4.69, 9.17) is 14.2 Å². The SMILES string of the molecule is CCCCC/C=C\C/C=C\C/C=C\C/C=C\CCCC(=O)OCC(COC(=O)CCCCCCCCCCCCC)OC(=O)CCC/C=C\C/C=C\C/C=C\CCCCCCCC. The maximum atomic E-state index is 12.8. The number of carbonyl (C=O) groups excluding carboxylic acids is 3. The second kappa shape index (κ2) is 51.2. The van der Waals surface area contributed by atoms with Crippen LogP contribution in [0.2, 0.25) is 0 Å². The van der Waals surface area contributed by atoms with Gasteiger partial charge in [0.05, 0.1) is 0 Å². The van der Waals surface area contributed by atoms with Gasteiger partial charge in [0.25, 0.3) is 0 Å². The third-order valence-electron chi connectivity index (χ3n) is 10.9. The van der Waals surface area contributed by atoms with Crippen molar-refractivity contribution in [3.63, 3.8) is 0 Å². The molecule has 6 heteroatoms. The van der Waals surface area contributed by atoms with E-state index >= 15 is 0 Å². The molecule has 0 aromatic carbocycles. The summed E-state index contributed by atoms with van der Waals surface area (Å²) in [5, 5.41) is 0. The second-order valence-electron chi connectivity index (χ2n) is 17.1. The van der Waals surface area contributed by atoms with Crippen LogP contribution in [0, 0.1) is 0 Å². The Kier molecular flexibility index (Phi) is 48.5. The summed E-state index contributed by atoms with van der Waals surface area (Å²) in [6, 6.07) is 0. The summed E-state index contributed by atoms with van der Waals surface area (Å²) >= 11 is 0. The lowest BCUT2D eigenvalue weighted by Crippen LogP contribution is -2.30. The summed E-state index contributed by atoms with van der Waals surface area (Å²) in [7, 11) is 0. The number of hydrogen-bond donors (Lipinski definition) is 0. The zero-order valence-electron chi connectivity index (χ0n) is 41.1. The number of hydrogen-bond acceptors (Lipinski definition) is 6. The van der Waals surface area contributed by atoms with Gasteiger partial charge in [0.2, 0.25) is 0 Å². The number of unbranched alkanes of at least 4 members (excludes halogenated alkanes) is 21. The predicted molar refractivity (Wildman–Crippen MR) is 270 cm³/mol. The van der Waals surface area contributed by atoms with E-state index in [1.807, 2.05) is 0 Å². The molecule has 0 heterocycles. The highest BCUT2D eigenvalue weighted by Gasteiger charge is 2.19. The normalized spacial score (nSPS) is 12.7. The van der Waals surface area contributed by atoms with Gasteiger partial charge in [-0.15, -0.1) is 0 Å². The molecule has 0 aliphatic carbocycles. The Morgan fingerprint density at radius 2 is 0.587 bits per heavy atom. The molecular formula is C57H96O6. The van der Waals surface area contributed by atoms with Gasteiger partial charge in [0.15, 0.2) is 6.10 Å². The van der Waals surface area contributed by atoms with E-state index in [1.54, 1.807) is 0 Å². The summed E-state index contributed by atoms with van der Waals surface area (Å²) < 4.78 is 16.7. The Balaban J connectivity index is 4.54. The first kappa shape index (κ1) is 59.6. The van der Waals surface area contributed by atoms with E-state index in [0.29, 0.717) is 19.3 Å². The smallest absolute Gasteiger partial charge is 0.306 e. The van der Waals surface area contributed by atoms with Crippen LogP contribution in [0.25, 0.3) is 0 Å². The third-order valence-corrected chi connectivity index (χ3v) is 10.9. The minimum absolute atomic E-state index is 0.113. The molecule has 0 spiro atoms. The largest absolute Gasteiger partial charge is 0.462 e. The molecule has 0 fully saturated rings. The Morgan fingerprint density at radius 1 is 0.317 bits per heavy atom. The van der Waals surface area contributed by atoms with Gasteiger partial charge in [-0.05, 0) is 89.9 Å². The molecule has 0 bridgehead atoms. The maximum absolute atomic E-state index is 12.8. The Hall–Kier alpha value is -3.41. The van der Waals surface area contributed by atoms with E-state index in [2.05, 4.69) is 106 Å². The van der Waals surface area contributed by atoms with Crippen molar-refractivity contribution in [2.24, 2.45) is 0 Å². The molecule has 63 heavy (non-hydrogen) atoms. The van der Waals surface area contributed by atoms with Crippen LogP contribution < -0.4 is 0 Å². The topological polar surface area (TPSA) is 78.9 Å². The molecule has 6 nitrogen and oxygen atoms in total. The van der Waals surface area contributed by atoms with Crippen LogP contribution in [0.3, 0.4) is 0 Å². The molecule has 0 N–H and O–H groups in total. The first-order chi connectivity index (χ1) is 31.0. The van der Waals surface area contributed by atoms with Crippen LogP contribution in [0.4, 0.5) is 0 Å².